The second-order valence-corrected chi connectivity index (χ2v) is 5.79. The fourth-order valence-corrected chi connectivity index (χ4v) is 2.46. The van der Waals surface area contributed by atoms with E-state index in [0.717, 1.165) is 0 Å². The van der Waals surface area contributed by atoms with Crippen LogP contribution in [0.4, 0.5) is 16.2 Å². The Morgan fingerprint density at radius 1 is 0.821 bits per heavy atom. The van der Waals surface area contributed by atoms with Crippen LogP contribution in [0.15, 0.2) is 78.9 Å². The standard InChI is InChI=1S/C22H20N2O4/c1-2-27-21(25)16-12-14-17(15-13-16)23-22(26)24-19-10-6-7-11-20(19)28-18-8-4-3-5-9-18/h3-15H,2H2,1H3,(H2,23,24,26). The average molecular weight is 376 g/mol. The van der Waals surface area contributed by atoms with Crippen LogP contribution in [-0.2, 0) is 4.74 Å². The van der Waals surface area contributed by atoms with Gasteiger partial charge in [0.25, 0.3) is 0 Å². The van der Waals surface area contributed by atoms with Crippen molar-refractivity contribution < 1.29 is 19.1 Å². The fourth-order valence-electron chi connectivity index (χ4n) is 2.46. The van der Waals surface area contributed by atoms with E-state index in [2.05, 4.69) is 10.6 Å². The molecule has 3 aromatic rings. The molecule has 0 aromatic heterocycles. The molecule has 3 rings (SSSR count). The Morgan fingerprint density at radius 3 is 2.21 bits per heavy atom. The van der Waals surface area contributed by atoms with Crippen molar-refractivity contribution in [1.82, 2.24) is 0 Å². The number of nitrogens with one attached hydrogen (secondary N) is 2. The van der Waals surface area contributed by atoms with E-state index in [1.54, 1.807) is 43.3 Å². The zero-order chi connectivity index (χ0) is 19.8. The van der Waals surface area contributed by atoms with E-state index in [1.807, 2.05) is 42.5 Å². The summed E-state index contributed by atoms with van der Waals surface area (Å²) in [5.41, 5.74) is 1.51. The van der Waals surface area contributed by atoms with E-state index in [-0.39, 0.29) is 0 Å². The van der Waals surface area contributed by atoms with Gasteiger partial charge >= 0.3 is 12.0 Å². The number of benzene rings is 3. The second kappa shape index (κ2) is 9.23. The van der Waals surface area contributed by atoms with Crippen LogP contribution in [0, 0.1) is 0 Å². The predicted octanol–water partition coefficient (Wildman–Crippen LogP) is 5.30. The number of urea groups is 1. The molecule has 0 aliphatic carbocycles. The van der Waals surface area contributed by atoms with Gasteiger partial charge in [0.1, 0.15) is 5.75 Å². The van der Waals surface area contributed by atoms with Crippen molar-refractivity contribution >= 4 is 23.4 Å². The van der Waals surface area contributed by atoms with Crippen LogP contribution in [-0.4, -0.2) is 18.6 Å². The van der Waals surface area contributed by atoms with Crippen LogP contribution in [0.3, 0.4) is 0 Å². The Hall–Kier alpha value is -3.80. The van der Waals surface area contributed by atoms with Gasteiger partial charge in [0.15, 0.2) is 5.75 Å². The Kier molecular flexibility index (Phi) is 6.25. The molecule has 6 nitrogen and oxygen atoms in total. The summed E-state index contributed by atoms with van der Waals surface area (Å²) in [4.78, 5) is 24.0. The van der Waals surface area contributed by atoms with E-state index < -0.39 is 12.0 Å². The molecule has 3 aromatic carbocycles. The molecule has 28 heavy (non-hydrogen) atoms. The topological polar surface area (TPSA) is 76.7 Å². The third-order valence-electron chi connectivity index (χ3n) is 3.76. The van der Waals surface area contributed by atoms with Crippen LogP contribution in [0.5, 0.6) is 11.5 Å². The number of carbonyl (C=O) groups excluding carboxylic acids is 2. The van der Waals surface area contributed by atoms with Crippen LogP contribution >= 0.6 is 0 Å². The zero-order valence-corrected chi connectivity index (χ0v) is 15.3. The minimum Gasteiger partial charge on any atom is -0.462 e. The first-order valence-electron chi connectivity index (χ1n) is 8.83. The van der Waals surface area contributed by atoms with Gasteiger partial charge in [0.05, 0.1) is 17.9 Å². The first kappa shape index (κ1) is 19.0. The van der Waals surface area contributed by atoms with Crippen LogP contribution < -0.4 is 15.4 Å². The van der Waals surface area contributed by atoms with E-state index in [0.29, 0.717) is 35.0 Å². The molecule has 142 valence electrons. The van der Waals surface area contributed by atoms with Crippen molar-refractivity contribution in [2.75, 3.05) is 17.2 Å². The molecule has 0 bridgehead atoms. The number of anilines is 2. The molecule has 2 amide bonds. The highest BCUT2D eigenvalue weighted by atomic mass is 16.5. The molecule has 6 heteroatoms. The van der Waals surface area contributed by atoms with Crippen LogP contribution in [0.2, 0.25) is 0 Å². The molecule has 2 N–H and O–H groups in total. The average Bonchev–Trinajstić information content (AvgIpc) is 2.71. The quantitative estimate of drug-likeness (QED) is 0.572. The van der Waals surface area contributed by atoms with Crippen molar-refractivity contribution in [2.45, 2.75) is 6.92 Å². The predicted molar refractivity (Wildman–Crippen MR) is 108 cm³/mol. The van der Waals surface area contributed by atoms with Crippen molar-refractivity contribution in [2.24, 2.45) is 0 Å². The summed E-state index contributed by atoms with van der Waals surface area (Å²) in [5.74, 6) is 0.804. The van der Waals surface area contributed by atoms with Gasteiger partial charge in [-0.2, -0.15) is 0 Å². The van der Waals surface area contributed by atoms with Gasteiger partial charge in [-0.15, -0.1) is 0 Å². The van der Waals surface area contributed by atoms with E-state index in [4.69, 9.17) is 9.47 Å². The molecule has 0 spiro atoms. The number of carbonyl (C=O) groups is 2. The molecule has 0 radical (unpaired) electrons. The number of hydrogen-bond acceptors (Lipinski definition) is 4. The lowest BCUT2D eigenvalue weighted by Crippen LogP contribution is -2.19. The molecule has 0 fully saturated rings. The van der Waals surface area contributed by atoms with E-state index in [9.17, 15) is 9.59 Å². The number of ether oxygens (including phenoxy) is 2. The number of para-hydroxylation sites is 3. The highest BCUT2D eigenvalue weighted by molar-refractivity contribution is 6.01. The molecule has 0 aliphatic rings. The molecule has 0 saturated heterocycles. The first-order chi connectivity index (χ1) is 13.7. The summed E-state index contributed by atoms with van der Waals surface area (Å²) >= 11 is 0. The number of hydrogen-bond donors (Lipinski definition) is 2. The summed E-state index contributed by atoms with van der Waals surface area (Å²) < 4.78 is 10.8. The van der Waals surface area contributed by atoms with Crippen LogP contribution in [0.1, 0.15) is 17.3 Å². The van der Waals surface area contributed by atoms with E-state index in [1.165, 1.54) is 0 Å². The lowest BCUT2D eigenvalue weighted by atomic mass is 10.2. The van der Waals surface area contributed by atoms with Gasteiger partial charge in [-0.05, 0) is 55.5 Å². The number of rotatable bonds is 6. The Bertz CT molecular complexity index is 940. The zero-order valence-electron chi connectivity index (χ0n) is 15.3. The SMILES string of the molecule is CCOC(=O)c1ccc(NC(=O)Nc2ccccc2Oc2ccccc2)cc1. The Balaban J connectivity index is 1.64. The van der Waals surface area contributed by atoms with Gasteiger partial charge in [0, 0.05) is 5.69 Å². The number of esters is 1. The van der Waals surface area contributed by atoms with Gasteiger partial charge in [-0.3, -0.25) is 0 Å². The minimum absolute atomic E-state index is 0.311. The van der Waals surface area contributed by atoms with Crippen molar-refractivity contribution in [3.8, 4) is 11.5 Å². The van der Waals surface area contributed by atoms with Gasteiger partial charge < -0.3 is 20.1 Å². The third kappa shape index (κ3) is 5.11. The van der Waals surface area contributed by atoms with Crippen molar-refractivity contribution in [3.63, 3.8) is 0 Å². The largest absolute Gasteiger partial charge is 0.462 e. The summed E-state index contributed by atoms with van der Waals surface area (Å²) in [6.07, 6.45) is 0. The second-order valence-electron chi connectivity index (χ2n) is 5.79. The molecular weight excluding hydrogens is 356 g/mol. The first-order valence-corrected chi connectivity index (χ1v) is 8.83. The molecule has 0 atom stereocenters. The fraction of sp³-hybridized carbons (Fsp3) is 0.0909. The molecule has 0 heterocycles. The van der Waals surface area contributed by atoms with Gasteiger partial charge in [-0.1, -0.05) is 30.3 Å². The van der Waals surface area contributed by atoms with Gasteiger partial charge in [0.2, 0.25) is 0 Å². The summed E-state index contributed by atoms with van der Waals surface area (Å²) in [5, 5.41) is 5.49. The van der Waals surface area contributed by atoms with Crippen LogP contribution in [0.25, 0.3) is 0 Å². The highest BCUT2D eigenvalue weighted by Gasteiger charge is 2.10. The maximum Gasteiger partial charge on any atom is 0.338 e. The molecule has 0 saturated carbocycles. The highest BCUT2D eigenvalue weighted by Crippen LogP contribution is 2.29. The Morgan fingerprint density at radius 2 is 1.50 bits per heavy atom. The minimum atomic E-state index is -0.423. The normalized spacial score (nSPS) is 10.0. The smallest absolute Gasteiger partial charge is 0.338 e. The monoisotopic (exact) mass is 376 g/mol. The molecular formula is C22H20N2O4. The van der Waals surface area contributed by atoms with Crippen molar-refractivity contribution in [3.05, 3.63) is 84.4 Å². The number of amides is 2. The molecule has 0 unspecified atom stereocenters. The summed E-state index contributed by atoms with van der Waals surface area (Å²) in [6, 6.07) is 22.5. The lowest BCUT2D eigenvalue weighted by Gasteiger charge is -2.13. The maximum atomic E-state index is 12.3. The third-order valence-corrected chi connectivity index (χ3v) is 3.76. The van der Waals surface area contributed by atoms with Gasteiger partial charge in [-0.25, -0.2) is 9.59 Å². The van der Waals surface area contributed by atoms with Crippen molar-refractivity contribution in [1.29, 1.82) is 0 Å². The lowest BCUT2D eigenvalue weighted by molar-refractivity contribution is 0.0526. The summed E-state index contributed by atoms with van der Waals surface area (Å²) in [7, 11) is 0. The van der Waals surface area contributed by atoms with E-state index >= 15 is 0 Å². The molecule has 0 aliphatic heterocycles. The maximum absolute atomic E-state index is 12.3. The Labute approximate surface area is 163 Å². The summed E-state index contributed by atoms with van der Waals surface area (Å²) in [6.45, 7) is 2.06.